The Bertz CT molecular complexity index is 467. The van der Waals surface area contributed by atoms with Crippen LogP contribution in [0.3, 0.4) is 0 Å². The van der Waals surface area contributed by atoms with E-state index in [4.69, 9.17) is 5.73 Å². The average Bonchev–Trinajstić information content (AvgIpc) is 2.65. The Morgan fingerprint density at radius 1 is 1.38 bits per heavy atom. The SMILES string of the molecule is Cc1ccsc1CNCc1nccc(N)n1. The number of rotatable bonds is 4. The van der Waals surface area contributed by atoms with E-state index in [9.17, 15) is 0 Å². The summed E-state index contributed by atoms with van der Waals surface area (Å²) in [6, 6.07) is 3.81. The Kier molecular flexibility index (Phi) is 3.48. The van der Waals surface area contributed by atoms with Crippen LogP contribution in [0.1, 0.15) is 16.3 Å². The van der Waals surface area contributed by atoms with Gasteiger partial charge in [-0.3, -0.25) is 0 Å². The van der Waals surface area contributed by atoms with Crippen molar-refractivity contribution in [2.45, 2.75) is 20.0 Å². The largest absolute Gasteiger partial charge is 0.384 e. The van der Waals surface area contributed by atoms with Crippen LogP contribution in [0.5, 0.6) is 0 Å². The van der Waals surface area contributed by atoms with Gasteiger partial charge in [-0.2, -0.15) is 0 Å². The lowest BCUT2D eigenvalue weighted by Gasteiger charge is -2.03. The van der Waals surface area contributed by atoms with E-state index in [1.54, 1.807) is 23.6 Å². The number of aromatic nitrogens is 2. The lowest BCUT2D eigenvalue weighted by atomic mass is 10.3. The van der Waals surface area contributed by atoms with Gasteiger partial charge in [0.05, 0.1) is 6.54 Å². The molecule has 0 fully saturated rings. The number of aryl methyl sites for hydroxylation is 1. The summed E-state index contributed by atoms with van der Waals surface area (Å²) in [5.41, 5.74) is 6.90. The van der Waals surface area contributed by atoms with E-state index in [-0.39, 0.29) is 0 Å². The fourth-order valence-corrected chi connectivity index (χ4v) is 2.25. The molecule has 0 aliphatic rings. The van der Waals surface area contributed by atoms with Crippen LogP contribution < -0.4 is 11.1 Å². The maximum absolute atomic E-state index is 5.57. The summed E-state index contributed by atoms with van der Waals surface area (Å²) < 4.78 is 0. The van der Waals surface area contributed by atoms with Crippen molar-refractivity contribution in [3.63, 3.8) is 0 Å². The highest BCUT2D eigenvalue weighted by Gasteiger charge is 2.00. The number of nitrogens with one attached hydrogen (secondary N) is 1. The molecule has 2 aromatic rings. The van der Waals surface area contributed by atoms with E-state index in [1.165, 1.54) is 10.4 Å². The average molecular weight is 234 g/mol. The minimum absolute atomic E-state index is 0.513. The summed E-state index contributed by atoms with van der Waals surface area (Å²) in [6.45, 7) is 3.61. The van der Waals surface area contributed by atoms with Crippen LogP contribution in [0.4, 0.5) is 5.82 Å². The Labute approximate surface area is 98.6 Å². The predicted octanol–water partition coefficient (Wildman–Crippen LogP) is 1.72. The lowest BCUT2D eigenvalue weighted by molar-refractivity contribution is 0.667. The molecule has 0 bridgehead atoms. The molecular formula is C11H14N4S. The Morgan fingerprint density at radius 3 is 2.94 bits per heavy atom. The van der Waals surface area contributed by atoms with Crippen LogP contribution in [-0.2, 0) is 13.1 Å². The monoisotopic (exact) mass is 234 g/mol. The van der Waals surface area contributed by atoms with Crippen molar-refractivity contribution in [2.75, 3.05) is 5.73 Å². The molecule has 2 heterocycles. The zero-order valence-corrected chi connectivity index (χ0v) is 9.92. The molecule has 0 spiro atoms. The number of anilines is 1. The van der Waals surface area contributed by atoms with E-state index in [0.29, 0.717) is 12.4 Å². The molecule has 0 aliphatic carbocycles. The third-order valence-electron chi connectivity index (χ3n) is 2.26. The molecule has 3 N–H and O–H groups in total. The second kappa shape index (κ2) is 5.05. The number of hydrogen-bond donors (Lipinski definition) is 2. The van der Waals surface area contributed by atoms with Gasteiger partial charge in [0.15, 0.2) is 0 Å². The molecule has 2 rings (SSSR count). The fraction of sp³-hybridized carbons (Fsp3) is 0.273. The van der Waals surface area contributed by atoms with Crippen molar-refractivity contribution in [3.05, 3.63) is 40.0 Å². The Morgan fingerprint density at radius 2 is 2.25 bits per heavy atom. The first kappa shape index (κ1) is 11.0. The smallest absolute Gasteiger partial charge is 0.144 e. The van der Waals surface area contributed by atoms with Crippen molar-refractivity contribution >= 4 is 17.2 Å². The van der Waals surface area contributed by atoms with Gasteiger partial charge in [0.25, 0.3) is 0 Å². The maximum atomic E-state index is 5.57. The van der Waals surface area contributed by atoms with Crippen molar-refractivity contribution < 1.29 is 0 Å². The minimum Gasteiger partial charge on any atom is -0.384 e. The van der Waals surface area contributed by atoms with Gasteiger partial charge in [0.1, 0.15) is 11.6 Å². The van der Waals surface area contributed by atoms with Crippen molar-refractivity contribution in [2.24, 2.45) is 0 Å². The lowest BCUT2D eigenvalue weighted by Crippen LogP contribution is -2.15. The fourth-order valence-electron chi connectivity index (χ4n) is 1.37. The Balaban J connectivity index is 1.87. The maximum Gasteiger partial charge on any atom is 0.144 e. The zero-order chi connectivity index (χ0) is 11.4. The molecule has 0 saturated heterocycles. The quantitative estimate of drug-likeness (QED) is 0.845. The summed E-state index contributed by atoms with van der Waals surface area (Å²) in [6.07, 6.45) is 1.68. The van der Waals surface area contributed by atoms with Gasteiger partial charge in [-0.15, -0.1) is 11.3 Å². The predicted molar refractivity (Wildman–Crippen MR) is 66.0 cm³/mol. The molecule has 0 radical (unpaired) electrons. The molecule has 84 valence electrons. The standard InChI is InChI=1S/C11H14N4S/c1-8-3-5-16-9(8)6-13-7-11-14-4-2-10(12)15-11/h2-5,13H,6-7H2,1H3,(H2,12,14,15). The number of nitrogen functional groups attached to an aromatic ring is 1. The summed E-state index contributed by atoms with van der Waals surface area (Å²) in [4.78, 5) is 9.60. The molecule has 0 aliphatic heterocycles. The molecule has 0 aromatic carbocycles. The van der Waals surface area contributed by atoms with Crippen LogP contribution >= 0.6 is 11.3 Å². The molecule has 4 nitrogen and oxygen atoms in total. The molecule has 0 unspecified atom stereocenters. The summed E-state index contributed by atoms with van der Waals surface area (Å²) >= 11 is 1.76. The highest BCUT2D eigenvalue weighted by Crippen LogP contribution is 2.14. The van der Waals surface area contributed by atoms with E-state index in [2.05, 4.69) is 33.7 Å². The molecule has 5 heteroatoms. The molecular weight excluding hydrogens is 220 g/mol. The first-order valence-corrected chi connectivity index (χ1v) is 5.95. The molecule has 0 saturated carbocycles. The van der Waals surface area contributed by atoms with Crippen LogP contribution in [0.2, 0.25) is 0 Å². The highest BCUT2D eigenvalue weighted by atomic mass is 32.1. The normalized spacial score (nSPS) is 10.6. The van der Waals surface area contributed by atoms with Gasteiger partial charge in [-0.05, 0) is 30.0 Å². The molecule has 2 aromatic heterocycles. The highest BCUT2D eigenvalue weighted by molar-refractivity contribution is 7.10. The molecule has 0 amide bonds. The van der Waals surface area contributed by atoms with Gasteiger partial charge < -0.3 is 11.1 Å². The zero-order valence-electron chi connectivity index (χ0n) is 9.10. The van der Waals surface area contributed by atoms with E-state index < -0.39 is 0 Å². The van der Waals surface area contributed by atoms with Gasteiger partial charge in [0, 0.05) is 17.6 Å². The number of hydrogen-bond acceptors (Lipinski definition) is 5. The first-order chi connectivity index (χ1) is 7.75. The number of nitrogens with two attached hydrogens (primary N) is 1. The molecule has 0 atom stereocenters. The second-order valence-corrected chi connectivity index (χ2v) is 4.53. The van der Waals surface area contributed by atoms with Crippen LogP contribution in [-0.4, -0.2) is 9.97 Å². The topological polar surface area (TPSA) is 63.8 Å². The summed E-state index contributed by atoms with van der Waals surface area (Å²) in [5, 5.41) is 5.40. The Hall–Kier alpha value is -1.46. The third-order valence-corrected chi connectivity index (χ3v) is 3.29. The summed E-state index contributed by atoms with van der Waals surface area (Å²) in [7, 11) is 0. The first-order valence-electron chi connectivity index (χ1n) is 5.07. The van der Waals surface area contributed by atoms with Crippen LogP contribution in [0, 0.1) is 6.92 Å². The summed E-state index contributed by atoms with van der Waals surface area (Å²) in [5.74, 6) is 1.24. The van der Waals surface area contributed by atoms with Crippen molar-refractivity contribution in [1.29, 1.82) is 0 Å². The second-order valence-electron chi connectivity index (χ2n) is 3.53. The minimum atomic E-state index is 0.513. The van der Waals surface area contributed by atoms with E-state index in [0.717, 1.165) is 12.4 Å². The van der Waals surface area contributed by atoms with Crippen LogP contribution in [0.25, 0.3) is 0 Å². The van der Waals surface area contributed by atoms with Gasteiger partial charge in [-0.25, -0.2) is 9.97 Å². The number of thiophene rings is 1. The van der Waals surface area contributed by atoms with Gasteiger partial charge >= 0.3 is 0 Å². The van der Waals surface area contributed by atoms with Crippen molar-refractivity contribution in [3.8, 4) is 0 Å². The van der Waals surface area contributed by atoms with E-state index in [1.807, 2.05) is 0 Å². The molecule has 16 heavy (non-hydrogen) atoms. The van der Waals surface area contributed by atoms with Crippen LogP contribution in [0.15, 0.2) is 23.7 Å². The third kappa shape index (κ3) is 2.77. The van der Waals surface area contributed by atoms with E-state index >= 15 is 0 Å². The van der Waals surface area contributed by atoms with Gasteiger partial charge in [-0.1, -0.05) is 0 Å². The van der Waals surface area contributed by atoms with Gasteiger partial charge in [0.2, 0.25) is 0 Å². The van der Waals surface area contributed by atoms with Crippen molar-refractivity contribution in [1.82, 2.24) is 15.3 Å². The number of nitrogens with zero attached hydrogens (tertiary/aromatic N) is 2.